The third kappa shape index (κ3) is 4.85. The minimum atomic E-state index is -2.20. The summed E-state index contributed by atoms with van der Waals surface area (Å²) < 4.78 is 0. The second-order valence-corrected chi connectivity index (χ2v) is 2.51. The minimum Gasteiger partial charge on any atom is -0.479 e. The van der Waals surface area contributed by atoms with E-state index in [9.17, 15) is 4.79 Å². The Kier molecular flexibility index (Phi) is 9.41. The molecule has 4 atom stereocenters. The molecule has 0 spiro atoms. The van der Waals surface area contributed by atoms with Gasteiger partial charge >= 0.3 is 43.7 Å². The van der Waals surface area contributed by atoms with Crippen LogP contribution in [-0.2, 0) is 4.79 Å². The Labute approximate surface area is 110 Å². The van der Waals surface area contributed by atoms with E-state index in [2.05, 4.69) is 0 Å². The second-order valence-electron chi connectivity index (χ2n) is 2.51. The van der Waals surface area contributed by atoms with E-state index < -0.39 is 37.0 Å². The molecule has 0 bridgehead atoms. The van der Waals surface area contributed by atoms with E-state index in [0.717, 1.165) is 0 Å². The first kappa shape index (κ1) is 16.9. The standard InChI is InChI=1S/C6H12O7.Ca/c7-1-2(8)3(9)4(10)5(11)6(12)13;/h2-5,7-11H,1H2,(H,12,13);/q;+2/t2-,3-,4+,5-;/m1./s1. The monoisotopic (exact) mass is 236 g/mol. The maximum Gasteiger partial charge on any atom is 2.00 e. The number of aliphatic hydroxyl groups is 5. The van der Waals surface area contributed by atoms with Gasteiger partial charge in [-0.05, 0) is 0 Å². The fourth-order valence-electron chi connectivity index (χ4n) is 0.668. The minimum absolute atomic E-state index is 0. The molecule has 0 saturated heterocycles. The zero-order valence-corrected chi connectivity index (χ0v) is 9.52. The number of hydrogen-bond donors (Lipinski definition) is 6. The molecule has 0 aromatic carbocycles. The van der Waals surface area contributed by atoms with Crippen molar-refractivity contribution in [2.24, 2.45) is 0 Å². The van der Waals surface area contributed by atoms with Gasteiger partial charge in [0.25, 0.3) is 0 Å². The molecular weight excluding hydrogens is 224 g/mol. The van der Waals surface area contributed by atoms with Crippen molar-refractivity contribution in [2.75, 3.05) is 6.61 Å². The Balaban J connectivity index is 0. The molecule has 0 saturated carbocycles. The summed E-state index contributed by atoms with van der Waals surface area (Å²) in [5.74, 6) is -1.73. The molecule has 0 fully saturated rings. The van der Waals surface area contributed by atoms with Gasteiger partial charge in [-0.1, -0.05) is 0 Å². The summed E-state index contributed by atoms with van der Waals surface area (Å²) in [5, 5.41) is 51.8. The second kappa shape index (κ2) is 7.77. The van der Waals surface area contributed by atoms with Crippen molar-refractivity contribution in [3.63, 3.8) is 0 Å². The maximum absolute atomic E-state index is 10.1. The van der Waals surface area contributed by atoms with E-state index in [0.29, 0.717) is 0 Å². The average molecular weight is 236 g/mol. The first-order valence-corrected chi connectivity index (χ1v) is 3.47. The van der Waals surface area contributed by atoms with Gasteiger partial charge in [-0.25, -0.2) is 4.79 Å². The molecule has 0 amide bonds. The fourth-order valence-corrected chi connectivity index (χ4v) is 0.668. The van der Waals surface area contributed by atoms with Crippen LogP contribution in [0.3, 0.4) is 0 Å². The largest absolute Gasteiger partial charge is 2.00 e. The van der Waals surface area contributed by atoms with Crippen LogP contribution >= 0.6 is 0 Å². The Hall–Kier alpha value is 0.530. The molecule has 8 heteroatoms. The van der Waals surface area contributed by atoms with Crippen molar-refractivity contribution in [3.8, 4) is 0 Å². The SMILES string of the molecule is O=C(O)[C@H](O)[C@@H](O)[C@H](O)[C@H](O)CO.[Ca+2]. The van der Waals surface area contributed by atoms with Gasteiger partial charge in [-0.2, -0.15) is 0 Å². The van der Waals surface area contributed by atoms with E-state index in [1.165, 1.54) is 0 Å². The Morgan fingerprint density at radius 1 is 1.07 bits per heavy atom. The molecule has 0 aromatic heterocycles. The van der Waals surface area contributed by atoms with Crippen molar-refractivity contribution in [1.82, 2.24) is 0 Å². The number of rotatable bonds is 5. The van der Waals surface area contributed by atoms with Crippen molar-refractivity contribution in [1.29, 1.82) is 0 Å². The predicted octanol–water partition coefficient (Wildman–Crippen LogP) is -3.87. The normalized spacial score (nSPS) is 18.9. The van der Waals surface area contributed by atoms with Crippen molar-refractivity contribution in [2.45, 2.75) is 24.4 Å². The molecule has 0 aliphatic rings. The number of aliphatic hydroxyl groups excluding tert-OH is 5. The van der Waals surface area contributed by atoms with Crippen LogP contribution in [0.5, 0.6) is 0 Å². The molecule has 0 aliphatic heterocycles. The topological polar surface area (TPSA) is 138 Å². The number of aliphatic carboxylic acids is 1. The summed E-state index contributed by atoms with van der Waals surface area (Å²) in [6, 6.07) is 0. The van der Waals surface area contributed by atoms with Gasteiger partial charge in [0.15, 0.2) is 6.10 Å². The van der Waals surface area contributed by atoms with E-state index in [1.807, 2.05) is 0 Å². The van der Waals surface area contributed by atoms with E-state index in [4.69, 9.17) is 30.6 Å². The van der Waals surface area contributed by atoms with Gasteiger partial charge in [0.05, 0.1) is 6.61 Å². The molecular formula is C6H12CaO7+2. The van der Waals surface area contributed by atoms with Gasteiger partial charge in [0.1, 0.15) is 18.3 Å². The molecule has 7 nitrogen and oxygen atoms in total. The van der Waals surface area contributed by atoms with Crippen molar-refractivity contribution < 1.29 is 35.4 Å². The quantitative estimate of drug-likeness (QED) is 0.268. The molecule has 14 heavy (non-hydrogen) atoms. The van der Waals surface area contributed by atoms with Crippen LogP contribution in [0.15, 0.2) is 0 Å². The van der Waals surface area contributed by atoms with Crippen molar-refractivity contribution >= 4 is 43.7 Å². The van der Waals surface area contributed by atoms with Gasteiger partial charge in [-0.15, -0.1) is 0 Å². The Morgan fingerprint density at radius 2 is 1.50 bits per heavy atom. The summed E-state index contributed by atoms with van der Waals surface area (Å²) in [5.41, 5.74) is 0. The first-order chi connectivity index (χ1) is 5.91. The third-order valence-electron chi connectivity index (χ3n) is 1.51. The number of carboxylic acid groups (broad SMARTS) is 1. The van der Waals surface area contributed by atoms with E-state index >= 15 is 0 Å². The van der Waals surface area contributed by atoms with Crippen LogP contribution in [0, 0.1) is 0 Å². The van der Waals surface area contributed by atoms with E-state index in [-0.39, 0.29) is 37.7 Å². The van der Waals surface area contributed by atoms with Crippen LogP contribution in [0.25, 0.3) is 0 Å². The summed E-state index contributed by atoms with van der Waals surface area (Å²) in [6.07, 6.45) is -7.84. The summed E-state index contributed by atoms with van der Waals surface area (Å²) in [4.78, 5) is 10.1. The van der Waals surface area contributed by atoms with Crippen LogP contribution < -0.4 is 0 Å². The van der Waals surface area contributed by atoms with Gasteiger partial charge < -0.3 is 30.6 Å². The third-order valence-corrected chi connectivity index (χ3v) is 1.51. The summed E-state index contributed by atoms with van der Waals surface area (Å²) >= 11 is 0. The average Bonchev–Trinajstić information content (AvgIpc) is 2.12. The number of carbonyl (C=O) groups is 1. The maximum atomic E-state index is 10.1. The van der Waals surface area contributed by atoms with Crippen LogP contribution in [0.2, 0.25) is 0 Å². The molecule has 6 N–H and O–H groups in total. The molecule has 0 unspecified atom stereocenters. The van der Waals surface area contributed by atoms with Gasteiger partial charge in [-0.3, -0.25) is 0 Å². The first-order valence-electron chi connectivity index (χ1n) is 3.47. The summed E-state index contributed by atoms with van der Waals surface area (Å²) in [6.45, 7) is -0.843. The predicted molar refractivity (Wildman–Crippen MR) is 44.5 cm³/mol. The van der Waals surface area contributed by atoms with E-state index in [1.54, 1.807) is 0 Å². The zero-order valence-electron chi connectivity index (χ0n) is 7.32. The number of carboxylic acids is 1. The molecule has 78 valence electrons. The van der Waals surface area contributed by atoms with Crippen LogP contribution in [0.4, 0.5) is 0 Å². The van der Waals surface area contributed by atoms with Gasteiger partial charge in [0.2, 0.25) is 0 Å². The molecule has 0 rings (SSSR count). The molecule has 0 aromatic rings. The molecule has 0 radical (unpaired) electrons. The number of hydrogen-bond acceptors (Lipinski definition) is 6. The Morgan fingerprint density at radius 3 is 1.79 bits per heavy atom. The molecule has 0 aliphatic carbocycles. The van der Waals surface area contributed by atoms with Crippen LogP contribution in [-0.4, -0.2) is 105 Å². The smallest absolute Gasteiger partial charge is 0.479 e. The Bertz CT molecular complexity index is 176. The molecule has 0 heterocycles. The van der Waals surface area contributed by atoms with Crippen LogP contribution in [0.1, 0.15) is 0 Å². The van der Waals surface area contributed by atoms with Crippen molar-refractivity contribution in [3.05, 3.63) is 0 Å². The fraction of sp³-hybridized carbons (Fsp3) is 0.833. The van der Waals surface area contributed by atoms with Gasteiger partial charge in [0, 0.05) is 0 Å². The summed E-state index contributed by atoms with van der Waals surface area (Å²) in [7, 11) is 0. The zero-order chi connectivity index (χ0) is 10.6.